The molecule has 1 heterocycles. The van der Waals surface area contributed by atoms with E-state index in [9.17, 15) is 9.59 Å². The molecule has 0 saturated heterocycles. The van der Waals surface area contributed by atoms with E-state index < -0.39 is 5.97 Å². The first-order chi connectivity index (χ1) is 9.88. The largest absolute Gasteiger partial charge is 0.481 e. The number of nitrogens with zero attached hydrogens (tertiary/aromatic N) is 1. The number of carbonyl (C=O) groups excluding carboxylic acids is 1. The minimum absolute atomic E-state index is 0.0579. The number of amides is 2. The van der Waals surface area contributed by atoms with Gasteiger partial charge in [-0.3, -0.25) is 9.89 Å². The number of nitrogens with one attached hydrogen (secondary N) is 3. The van der Waals surface area contributed by atoms with Gasteiger partial charge in [0.15, 0.2) is 0 Å². The van der Waals surface area contributed by atoms with Gasteiger partial charge in [-0.05, 0) is 25.2 Å². The first-order valence-electron chi connectivity index (χ1n) is 7.13. The van der Waals surface area contributed by atoms with Crippen LogP contribution in [0.15, 0.2) is 12.4 Å². The van der Waals surface area contributed by atoms with Crippen molar-refractivity contribution >= 4 is 12.0 Å². The van der Waals surface area contributed by atoms with Crippen molar-refractivity contribution in [2.75, 3.05) is 6.54 Å². The van der Waals surface area contributed by atoms with Gasteiger partial charge in [-0.25, -0.2) is 4.79 Å². The number of H-pyrrole nitrogens is 1. The number of carboxylic acid groups (broad SMARTS) is 1. The Morgan fingerprint density at radius 3 is 2.62 bits per heavy atom. The van der Waals surface area contributed by atoms with Gasteiger partial charge in [0.25, 0.3) is 0 Å². The van der Waals surface area contributed by atoms with Crippen molar-refractivity contribution in [3.63, 3.8) is 0 Å². The Morgan fingerprint density at radius 2 is 2.10 bits per heavy atom. The van der Waals surface area contributed by atoms with Crippen LogP contribution in [0.4, 0.5) is 4.79 Å². The van der Waals surface area contributed by atoms with Crippen molar-refractivity contribution in [1.29, 1.82) is 0 Å². The average Bonchev–Trinajstić information content (AvgIpc) is 2.88. The highest BCUT2D eigenvalue weighted by molar-refractivity contribution is 5.74. The van der Waals surface area contributed by atoms with E-state index in [2.05, 4.69) is 20.8 Å². The van der Waals surface area contributed by atoms with Crippen molar-refractivity contribution in [3.8, 4) is 0 Å². The van der Waals surface area contributed by atoms with Crippen LogP contribution >= 0.6 is 0 Å². The summed E-state index contributed by atoms with van der Waals surface area (Å²) in [7, 11) is 0. The van der Waals surface area contributed by atoms with Crippen LogP contribution in [0.2, 0.25) is 0 Å². The fraction of sp³-hybridized carbons (Fsp3) is 0.643. The summed E-state index contributed by atoms with van der Waals surface area (Å²) in [6, 6.07) is -0.463. The van der Waals surface area contributed by atoms with E-state index in [-0.39, 0.29) is 24.4 Å². The molecule has 0 fully saturated rings. The summed E-state index contributed by atoms with van der Waals surface area (Å²) in [4.78, 5) is 22.7. The van der Waals surface area contributed by atoms with Gasteiger partial charge < -0.3 is 15.7 Å². The molecular weight excluding hydrogens is 272 g/mol. The first-order valence-corrected chi connectivity index (χ1v) is 7.13. The highest BCUT2D eigenvalue weighted by Crippen LogP contribution is 2.15. The van der Waals surface area contributed by atoms with E-state index >= 15 is 0 Å². The zero-order valence-electron chi connectivity index (χ0n) is 12.7. The van der Waals surface area contributed by atoms with E-state index in [0.29, 0.717) is 12.5 Å². The number of hydrogen-bond donors (Lipinski definition) is 4. The van der Waals surface area contributed by atoms with Crippen LogP contribution in [0.3, 0.4) is 0 Å². The molecule has 2 amide bonds. The summed E-state index contributed by atoms with van der Waals surface area (Å²) in [6.07, 6.45) is 4.20. The lowest BCUT2D eigenvalue weighted by Gasteiger charge is -2.19. The maximum Gasteiger partial charge on any atom is 0.315 e. The van der Waals surface area contributed by atoms with Gasteiger partial charge in [-0.1, -0.05) is 13.8 Å². The van der Waals surface area contributed by atoms with Crippen LogP contribution in [0.5, 0.6) is 0 Å². The summed E-state index contributed by atoms with van der Waals surface area (Å²) >= 11 is 0. The third-order valence-electron chi connectivity index (χ3n) is 3.19. The number of carbonyl (C=O) groups is 2. The number of rotatable bonds is 8. The molecule has 1 rings (SSSR count). The minimum Gasteiger partial charge on any atom is -0.481 e. The van der Waals surface area contributed by atoms with Gasteiger partial charge in [0.2, 0.25) is 0 Å². The number of urea groups is 1. The predicted octanol–water partition coefficient (Wildman–Crippen LogP) is 1.91. The Hall–Kier alpha value is -2.05. The number of aromatic nitrogens is 2. The number of carboxylic acids is 1. The molecule has 1 unspecified atom stereocenters. The van der Waals surface area contributed by atoms with Gasteiger partial charge in [0, 0.05) is 24.7 Å². The molecule has 0 saturated carbocycles. The van der Waals surface area contributed by atoms with Gasteiger partial charge in [-0.2, -0.15) is 5.10 Å². The molecule has 21 heavy (non-hydrogen) atoms. The zero-order valence-corrected chi connectivity index (χ0v) is 12.7. The van der Waals surface area contributed by atoms with Crippen LogP contribution in [-0.4, -0.2) is 33.8 Å². The second kappa shape index (κ2) is 8.28. The lowest BCUT2D eigenvalue weighted by molar-refractivity contribution is -0.138. The molecule has 118 valence electrons. The Morgan fingerprint density at radius 1 is 1.38 bits per heavy atom. The predicted molar refractivity (Wildman–Crippen MR) is 78.7 cm³/mol. The minimum atomic E-state index is -0.838. The van der Waals surface area contributed by atoms with E-state index in [1.807, 2.05) is 20.8 Å². The van der Waals surface area contributed by atoms with E-state index in [1.54, 1.807) is 12.4 Å². The monoisotopic (exact) mass is 296 g/mol. The molecule has 0 aliphatic carbocycles. The summed E-state index contributed by atoms with van der Waals surface area (Å²) < 4.78 is 0. The van der Waals surface area contributed by atoms with Crippen molar-refractivity contribution in [1.82, 2.24) is 20.8 Å². The molecule has 1 aromatic heterocycles. The Labute approximate surface area is 124 Å². The third-order valence-corrected chi connectivity index (χ3v) is 3.19. The summed E-state index contributed by atoms with van der Waals surface area (Å²) in [6.45, 7) is 6.29. The van der Waals surface area contributed by atoms with Crippen LogP contribution in [0, 0.1) is 11.8 Å². The molecule has 4 N–H and O–H groups in total. The first kappa shape index (κ1) is 17.0. The zero-order chi connectivity index (χ0) is 15.8. The molecule has 0 spiro atoms. The summed E-state index contributed by atoms with van der Waals surface area (Å²) in [5, 5.41) is 20.9. The quantitative estimate of drug-likeness (QED) is 0.587. The normalized spacial score (nSPS) is 13.7. The maximum absolute atomic E-state index is 11.8. The highest BCUT2D eigenvalue weighted by atomic mass is 16.4. The van der Waals surface area contributed by atoms with Gasteiger partial charge in [0.1, 0.15) is 0 Å². The van der Waals surface area contributed by atoms with Crippen LogP contribution in [0.25, 0.3) is 0 Å². The van der Waals surface area contributed by atoms with Gasteiger partial charge in [-0.15, -0.1) is 0 Å². The van der Waals surface area contributed by atoms with E-state index in [0.717, 1.165) is 12.0 Å². The molecular formula is C14H24N4O3. The highest BCUT2D eigenvalue weighted by Gasteiger charge is 2.17. The van der Waals surface area contributed by atoms with Crippen LogP contribution in [0.1, 0.15) is 45.2 Å². The SMILES string of the molecule is CC(C)C[C@H](CNC(=O)NC(C)c1cn[nH]c1)CC(=O)O. The summed E-state index contributed by atoms with van der Waals surface area (Å²) in [5.74, 6) is -0.504. The van der Waals surface area contributed by atoms with Crippen molar-refractivity contribution in [2.24, 2.45) is 11.8 Å². The maximum atomic E-state index is 11.8. The third kappa shape index (κ3) is 6.78. The van der Waals surface area contributed by atoms with Crippen LogP contribution in [-0.2, 0) is 4.79 Å². The standard InChI is InChI=1S/C14H24N4O3/c1-9(2)4-11(5-13(19)20)6-15-14(21)18-10(3)12-7-16-17-8-12/h7-11H,4-6H2,1-3H3,(H,16,17)(H,19,20)(H2,15,18,21)/t10?,11-/m0/s1. The molecule has 7 nitrogen and oxygen atoms in total. The molecule has 0 aliphatic rings. The smallest absolute Gasteiger partial charge is 0.315 e. The topological polar surface area (TPSA) is 107 Å². The second-order valence-electron chi connectivity index (χ2n) is 5.70. The molecule has 0 bridgehead atoms. The van der Waals surface area contributed by atoms with Gasteiger partial charge in [0.05, 0.1) is 12.2 Å². The summed E-state index contributed by atoms with van der Waals surface area (Å²) in [5.41, 5.74) is 0.884. The lowest BCUT2D eigenvalue weighted by atomic mass is 9.94. The molecule has 0 radical (unpaired) electrons. The fourth-order valence-corrected chi connectivity index (χ4v) is 2.22. The Kier molecular flexibility index (Phi) is 6.71. The van der Waals surface area contributed by atoms with Crippen molar-refractivity contribution in [3.05, 3.63) is 18.0 Å². The van der Waals surface area contributed by atoms with Crippen LogP contribution < -0.4 is 10.6 Å². The Bertz CT molecular complexity index is 445. The van der Waals surface area contributed by atoms with Crippen molar-refractivity contribution < 1.29 is 14.7 Å². The number of aliphatic carboxylic acids is 1. The molecule has 2 atom stereocenters. The average molecular weight is 296 g/mol. The molecule has 7 heteroatoms. The lowest BCUT2D eigenvalue weighted by Crippen LogP contribution is -2.40. The number of hydrogen-bond acceptors (Lipinski definition) is 3. The fourth-order valence-electron chi connectivity index (χ4n) is 2.22. The molecule has 1 aromatic rings. The van der Waals surface area contributed by atoms with Gasteiger partial charge >= 0.3 is 12.0 Å². The number of aromatic amines is 1. The van der Waals surface area contributed by atoms with E-state index in [1.165, 1.54) is 0 Å². The van der Waals surface area contributed by atoms with Crippen molar-refractivity contribution in [2.45, 2.75) is 39.7 Å². The Balaban J connectivity index is 2.40. The molecule has 0 aromatic carbocycles. The van der Waals surface area contributed by atoms with E-state index in [4.69, 9.17) is 5.11 Å². The molecule has 0 aliphatic heterocycles. The second-order valence-corrected chi connectivity index (χ2v) is 5.70.